The highest BCUT2D eigenvalue weighted by molar-refractivity contribution is 6.53. The van der Waals surface area contributed by atoms with Crippen LogP contribution in [0.3, 0.4) is 0 Å². The number of hydrogen-bond donors (Lipinski definition) is 1. The zero-order valence-electron chi connectivity index (χ0n) is 11.0. The summed E-state index contributed by atoms with van der Waals surface area (Å²) in [6.45, 7) is 6.69. The fourth-order valence-corrected chi connectivity index (χ4v) is 1.77. The molecule has 0 bridgehead atoms. The van der Waals surface area contributed by atoms with Crippen LogP contribution in [0.5, 0.6) is 0 Å². The molecule has 1 N–H and O–H groups in total. The highest BCUT2D eigenvalue weighted by Crippen LogP contribution is 2.39. The smallest absolute Gasteiger partial charge is 0.507 e. The summed E-state index contributed by atoms with van der Waals surface area (Å²) in [5.74, 6) is -2.30. The maximum absolute atomic E-state index is 11.9. The van der Waals surface area contributed by atoms with E-state index in [1.807, 2.05) is 0 Å². The van der Waals surface area contributed by atoms with E-state index in [1.54, 1.807) is 20.8 Å². The Balaban J connectivity index is 3.01. The third-order valence-corrected chi connectivity index (χ3v) is 2.60. The highest BCUT2D eigenvalue weighted by Gasteiger charge is 2.58. The zero-order chi connectivity index (χ0) is 14.1. The van der Waals surface area contributed by atoms with E-state index in [1.165, 1.54) is 6.92 Å². The van der Waals surface area contributed by atoms with E-state index in [2.05, 4.69) is 0 Å². The van der Waals surface area contributed by atoms with Crippen molar-refractivity contribution in [1.29, 1.82) is 0 Å². The molecule has 1 heterocycles. The van der Waals surface area contributed by atoms with Gasteiger partial charge in [0.2, 0.25) is 0 Å². The Hall–Kier alpha value is -1.37. The van der Waals surface area contributed by atoms with Gasteiger partial charge in [-0.3, -0.25) is 14.4 Å². The van der Waals surface area contributed by atoms with Crippen LogP contribution >= 0.6 is 0 Å². The van der Waals surface area contributed by atoms with E-state index in [0.717, 1.165) is 0 Å². The van der Waals surface area contributed by atoms with Crippen molar-refractivity contribution in [3.8, 4) is 0 Å². The second-order valence-corrected chi connectivity index (χ2v) is 5.66. The van der Waals surface area contributed by atoms with E-state index in [-0.39, 0.29) is 12.2 Å². The van der Waals surface area contributed by atoms with Gasteiger partial charge in [-0.1, -0.05) is 20.8 Å². The van der Waals surface area contributed by atoms with Crippen molar-refractivity contribution >= 4 is 24.8 Å². The minimum absolute atomic E-state index is 0.287. The molecule has 0 radical (unpaired) electrons. The third kappa shape index (κ3) is 3.10. The topological polar surface area (TPSA) is 89.9 Å². The first-order valence-electron chi connectivity index (χ1n) is 5.67. The summed E-state index contributed by atoms with van der Waals surface area (Å²) in [6.07, 6.45) is -0.858. The predicted octanol–water partition coefficient (Wildman–Crippen LogP) is 1.04. The second-order valence-electron chi connectivity index (χ2n) is 5.66. The number of hydrogen-bond acceptors (Lipinski definition) is 5. The van der Waals surface area contributed by atoms with Crippen molar-refractivity contribution < 1.29 is 28.8 Å². The van der Waals surface area contributed by atoms with Crippen LogP contribution in [0.25, 0.3) is 0 Å². The lowest BCUT2D eigenvalue weighted by Crippen LogP contribution is -2.41. The molecule has 0 saturated carbocycles. The second kappa shape index (κ2) is 4.72. The first kappa shape index (κ1) is 14.7. The molecule has 1 aliphatic heterocycles. The molecule has 0 amide bonds. The van der Waals surface area contributed by atoms with Crippen LogP contribution in [0.4, 0.5) is 0 Å². The Morgan fingerprint density at radius 1 is 1.33 bits per heavy atom. The molecule has 6 nitrogen and oxygen atoms in total. The first-order valence-corrected chi connectivity index (χ1v) is 5.67. The fraction of sp³-hybridized carbons (Fsp3) is 0.727. The van der Waals surface area contributed by atoms with Crippen LogP contribution in [0.1, 0.15) is 40.5 Å². The van der Waals surface area contributed by atoms with Gasteiger partial charge in [0.1, 0.15) is 5.78 Å². The average Bonchev–Trinajstić information content (AvgIpc) is 2.40. The summed E-state index contributed by atoms with van der Waals surface area (Å²) < 4.78 is 10.5. The lowest BCUT2D eigenvalue weighted by Gasteiger charge is -2.24. The van der Waals surface area contributed by atoms with Gasteiger partial charge in [0.15, 0.2) is 5.60 Å². The van der Waals surface area contributed by atoms with Gasteiger partial charge in [-0.15, -0.1) is 0 Å². The number of carboxylic acids is 1. The van der Waals surface area contributed by atoms with Crippen LogP contribution in [0, 0.1) is 0 Å². The summed E-state index contributed by atoms with van der Waals surface area (Å²) >= 11 is 0. The van der Waals surface area contributed by atoms with Gasteiger partial charge < -0.3 is 14.4 Å². The van der Waals surface area contributed by atoms with Crippen molar-refractivity contribution in [1.82, 2.24) is 0 Å². The van der Waals surface area contributed by atoms with Crippen molar-refractivity contribution in [2.45, 2.75) is 51.5 Å². The number of carboxylic acid groups (broad SMARTS) is 1. The number of ketones is 1. The van der Waals surface area contributed by atoms with E-state index >= 15 is 0 Å². The van der Waals surface area contributed by atoms with Gasteiger partial charge >= 0.3 is 19.1 Å². The van der Waals surface area contributed by atoms with Crippen LogP contribution in [-0.2, 0) is 23.7 Å². The molecule has 0 aromatic heterocycles. The van der Waals surface area contributed by atoms with E-state index in [9.17, 15) is 14.4 Å². The monoisotopic (exact) mass is 256 g/mol. The lowest BCUT2D eigenvalue weighted by atomic mass is 9.61. The van der Waals surface area contributed by atoms with Gasteiger partial charge in [0.05, 0.1) is 6.42 Å². The number of carbonyl (C=O) groups excluding carboxylic acids is 2. The number of Topliss-reactive ketones (excluding diaryl/α,β-unsaturated/α-hetero) is 1. The van der Waals surface area contributed by atoms with Crippen LogP contribution in [-0.4, -0.2) is 35.5 Å². The molecular formula is C11H17BO6. The van der Waals surface area contributed by atoms with Crippen molar-refractivity contribution in [2.75, 3.05) is 0 Å². The van der Waals surface area contributed by atoms with Gasteiger partial charge in [-0.2, -0.15) is 0 Å². The van der Waals surface area contributed by atoms with E-state index < -0.39 is 36.4 Å². The van der Waals surface area contributed by atoms with Crippen molar-refractivity contribution in [2.24, 2.45) is 0 Å². The molecule has 0 aliphatic carbocycles. The summed E-state index contributed by atoms with van der Waals surface area (Å²) in [5.41, 5.74) is -1.68. The highest BCUT2D eigenvalue weighted by atomic mass is 16.7. The minimum atomic E-state index is -1.68. The molecule has 0 aromatic rings. The molecule has 7 heteroatoms. The van der Waals surface area contributed by atoms with Crippen LogP contribution in [0.15, 0.2) is 0 Å². The Morgan fingerprint density at radius 3 is 2.22 bits per heavy atom. The van der Waals surface area contributed by atoms with Crippen LogP contribution in [0.2, 0.25) is 5.31 Å². The van der Waals surface area contributed by atoms with E-state index in [4.69, 9.17) is 14.4 Å². The summed E-state index contributed by atoms with van der Waals surface area (Å²) in [7, 11) is -0.844. The van der Waals surface area contributed by atoms with Crippen molar-refractivity contribution in [3.05, 3.63) is 0 Å². The third-order valence-electron chi connectivity index (χ3n) is 2.60. The van der Waals surface area contributed by atoms with Gasteiger partial charge in [-0.05, 0) is 6.92 Å². The van der Waals surface area contributed by atoms with Gasteiger partial charge in [0.25, 0.3) is 0 Å². The molecule has 0 spiro atoms. The zero-order valence-corrected chi connectivity index (χ0v) is 11.0. The molecule has 1 rings (SSSR count). The summed E-state index contributed by atoms with van der Waals surface area (Å²) in [6, 6.07) is 0. The number of aliphatic carboxylic acids is 1. The molecule has 18 heavy (non-hydrogen) atoms. The Morgan fingerprint density at radius 2 is 1.89 bits per heavy atom. The normalized spacial score (nSPS) is 24.0. The molecule has 100 valence electrons. The Kier molecular flexibility index (Phi) is 3.85. The van der Waals surface area contributed by atoms with Gasteiger partial charge in [-0.25, -0.2) is 0 Å². The van der Waals surface area contributed by atoms with Crippen LogP contribution < -0.4 is 0 Å². The maximum atomic E-state index is 11.9. The Bertz CT molecular complexity index is 367. The quantitative estimate of drug-likeness (QED) is 0.756. The maximum Gasteiger partial charge on any atom is 0.533 e. The van der Waals surface area contributed by atoms with Gasteiger partial charge in [0, 0.05) is 11.7 Å². The van der Waals surface area contributed by atoms with E-state index in [0.29, 0.717) is 0 Å². The molecular weight excluding hydrogens is 239 g/mol. The molecule has 1 atom stereocenters. The molecule has 1 fully saturated rings. The van der Waals surface area contributed by atoms with Crippen molar-refractivity contribution in [3.63, 3.8) is 0 Å². The number of carbonyl (C=O) groups is 3. The minimum Gasteiger partial charge on any atom is -0.507 e. The Labute approximate surface area is 106 Å². The SMILES string of the molecule is CC(=O)CC1(CC(=O)O)OB(C(C)(C)C)OC1=O. The first-order chi connectivity index (χ1) is 8.07. The molecule has 1 saturated heterocycles. The standard InChI is InChI=1S/C11H17BO6/c1-7(13)5-11(6-8(14)15)9(16)17-12(18-11)10(2,3)4/h5-6H2,1-4H3,(H,14,15). The molecule has 1 unspecified atom stereocenters. The average molecular weight is 256 g/mol. The summed E-state index contributed by atoms with van der Waals surface area (Å²) in [5, 5.41) is 8.38. The predicted molar refractivity (Wildman–Crippen MR) is 62.9 cm³/mol. The fourth-order valence-electron chi connectivity index (χ4n) is 1.77. The summed E-state index contributed by atoms with van der Waals surface area (Å²) in [4.78, 5) is 33.9. The number of rotatable bonds is 4. The lowest BCUT2D eigenvalue weighted by molar-refractivity contribution is -0.154. The molecule has 0 aromatic carbocycles. The largest absolute Gasteiger partial charge is 0.533 e. The molecule has 1 aliphatic rings.